The summed E-state index contributed by atoms with van der Waals surface area (Å²) in [4.78, 5) is 4.03. The minimum atomic E-state index is -0.298. The molecule has 19 heavy (non-hydrogen) atoms. The summed E-state index contributed by atoms with van der Waals surface area (Å²) in [5, 5.41) is 0. The zero-order valence-electron chi connectivity index (χ0n) is 11.4. The van der Waals surface area contributed by atoms with Crippen LogP contribution in [0.2, 0.25) is 0 Å². The Hall–Kier alpha value is -1.71. The molecule has 0 saturated heterocycles. The zero-order valence-corrected chi connectivity index (χ0v) is 11.4. The highest BCUT2D eigenvalue weighted by molar-refractivity contribution is 5.29. The van der Waals surface area contributed by atoms with Crippen LogP contribution in [0.15, 0.2) is 48.8 Å². The van der Waals surface area contributed by atoms with E-state index in [1.165, 1.54) is 11.1 Å². The molecule has 0 atom stereocenters. The van der Waals surface area contributed by atoms with Crippen LogP contribution in [-0.2, 0) is 22.3 Å². The Morgan fingerprint density at radius 1 is 0.947 bits per heavy atom. The number of benzene rings is 1. The lowest BCUT2D eigenvalue weighted by atomic mass is 10.00. The molecule has 0 saturated carbocycles. The van der Waals surface area contributed by atoms with Gasteiger partial charge in [-0.2, -0.15) is 0 Å². The molecule has 1 aromatic heterocycles. The molecule has 0 aliphatic heterocycles. The van der Waals surface area contributed by atoms with Crippen molar-refractivity contribution in [2.75, 3.05) is 14.2 Å². The molecule has 0 bridgehead atoms. The van der Waals surface area contributed by atoms with Crippen LogP contribution >= 0.6 is 0 Å². The van der Waals surface area contributed by atoms with Gasteiger partial charge in [-0.25, -0.2) is 0 Å². The lowest BCUT2D eigenvalue weighted by Crippen LogP contribution is -2.07. The molecule has 2 aromatic rings. The van der Waals surface area contributed by atoms with Crippen LogP contribution in [0.1, 0.15) is 23.0 Å². The summed E-state index contributed by atoms with van der Waals surface area (Å²) in [6.45, 7) is 0. The molecule has 0 spiro atoms. The lowest BCUT2D eigenvalue weighted by Gasteiger charge is -2.17. The summed E-state index contributed by atoms with van der Waals surface area (Å²) in [6, 6.07) is 12.3. The molecule has 0 amide bonds. The normalized spacial score (nSPS) is 10.9. The molecule has 0 aliphatic carbocycles. The van der Waals surface area contributed by atoms with Gasteiger partial charge in [-0.05, 0) is 36.1 Å². The standard InChI is InChI=1S/C16H19NO2/c1-18-16(19-2)15-6-4-3-5-14(15)8-7-13-9-11-17-12-10-13/h3-6,9-12,16H,7-8H2,1-2H3. The van der Waals surface area contributed by atoms with Crippen LogP contribution in [0, 0.1) is 0 Å². The van der Waals surface area contributed by atoms with Crippen molar-refractivity contribution in [2.24, 2.45) is 0 Å². The Labute approximate surface area is 114 Å². The minimum absolute atomic E-state index is 0.298. The van der Waals surface area contributed by atoms with Crippen LogP contribution in [0.25, 0.3) is 0 Å². The SMILES string of the molecule is COC(OC)c1ccccc1CCc1ccncc1. The molecule has 0 unspecified atom stereocenters. The number of nitrogens with zero attached hydrogens (tertiary/aromatic N) is 1. The third-order valence-electron chi connectivity index (χ3n) is 3.17. The fourth-order valence-electron chi connectivity index (χ4n) is 2.17. The van der Waals surface area contributed by atoms with Gasteiger partial charge in [0.2, 0.25) is 0 Å². The van der Waals surface area contributed by atoms with Crippen molar-refractivity contribution in [1.29, 1.82) is 0 Å². The fraction of sp³-hybridized carbons (Fsp3) is 0.312. The van der Waals surface area contributed by atoms with E-state index in [1.54, 1.807) is 14.2 Å². The average Bonchev–Trinajstić information content (AvgIpc) is 2.48. The molecular weight excluding hydrogens is 238 g/mol. The second-order valence-corrected chi connectivity index (χ2v) is 4.36. The van der Waals surface area contributed by atoms with Crippen molar-refractivity contribution < 1.29 is 9.47 Å². The van der Waals surface area contributed by atoms with E-state index in [4.69, 9.17) is 9.47 Å². The molecule has 1 heterocycles. The Morgan fingerprint density at radius 3 is 2.32 bits per heavy atom. The second kappa shape index (κ2) is 7.02. The van der Waals surface area contributed by atoms with Gasteiger partial charge in [0.05, 0.1) is 0 Å². The van der Waals surface area contributed by atoms with E-state index in [0.717, 1.165) is 18.4 Å². The summed E-state index contributed by atoms with van der Waals surface area (Å²) in [5.74, 6) is 0. The van der Waals surface area contributed by atoms with Crippen LogP contribution in [0.4, 0.5) is 0 Å². The number of pyridine rings is 1. The molecule has 2 rings (SSSR count). The van der Waals surface area contributed by atoms with Crippen LogP contribution < -0.4 is 0 Å². The molecule has 0 fully saturated rings. The number of hydrogen-bond donors (Lipinski definition) is 0. The first-order chi connectivity index (χ1) is 9.35. The first-order valence-corrected chi connectivity index (χ1v) is 6.37. The average molecular weight is 257 g/mol. The van der Waals surface area contributed by atoms with Crippen molar-refractivity contribution >= 4 is 0 Å². The van der Waals surface area contributed by atoms with Gasteiger partial charge >= 0.3 is 0 Å². The number of hydrogen-bond acceptors (Lipinski definition) is 3. The highest BCUT2D eigenvalue weighted by Crippen LogP contribution is 2.22. The summed E-state index contributed by atoms with van der Waals surface area (Å²) in [6.07, 6.45) is 5.31. The van der Waals surface area contributed by atoms with E-state index in [2.05, 4.69) is 17.1 Å². The molecule has 0 radical (unpaired) electrons. The fourth-order valence-corrected chi connectivity index (χ4v) is 2.17. The minimum Gasteiger partial charge on any atom is -0.352 e. The van der Waals surface area contributed by atoms with Gasteiger partial charge in [-0.1, -0.05) is 24.3 Å². The van der Waals surface area contributed by atoms with Crippen LogP contribution in [-0.4, -0.2) is 19.2 Å². The highest BCUT2D eigenvalue weighted by atomic mass is 16.7. The Bertz CT molecular complexity index is 495. The molecule has 100 valence electrons. The first-order valence-electron chi connectivity index (χ1n) is 6.37. The number of ether oxygens (including phenoxy) is 2. The number of aryl methyl sites for hydroxylation is 2. The van der Waals surface area contributed by atoms with Crippen molar-refractivity contribution in [2.45, 2.75) is 19.1 Å². The third-order valence-corrected chi connectivity index (χ3v) is 3.17. The summed E-state index contributed by atoms with van der Waals surface area (Å²) >= 11 is 0. The molecule has 0 N–H and O–H groups in total. The maximum atomic E-state index is 5.35. The van der Waals surface area contributed by atoms with E-state index in [-0.39, 0.29) is 6.29 Å². The molecule has 1 aromatic carbocycles. The van der Waals surface area contributed by atoms with E-state index in [1.807, 2.05) is 36.7 Å². The first kappa shape index (κ1) is 13.7. The Balaban J connectivity index is 2.12. The van der Waals surface area contributed by atoms with Gasteiger partial charge in [0.1, 0.15) is 0 Å². The number of aromatic nitrogens is 1. The van der Waals surface area contributed by atoms with Crippen molar-refractivity contribution in [1.82, 2.24) is 4.98 Å². The Morgan fingerprint density at radius 2 is 1.63 bits per heavy atom. The van der Waals surface area contributed by atoms with Gasteiger partial charge in [0.15, 0.2) is 6.29 Å². The van der Waals surface area contributed by atoms with Gasteiger partial charge in [0.25, 0.3) is 0 Å². The number of rotatable bonds is 6. The summed E-state index contributed by atoms with van der Waals surface area (Å²) in [5.41, 5.74) is 3.64. The summed E-state index contributed by atoms with van der Waals surface area (Å²) in [7, 11) is 3.32. The van der Waals surface area contributed by atoms with E-state index in [9.17, 15) is 0 Å². The van der Waals surface area contributed by atoms with E-state index in [0.29, 0.717) is 0 Å². The van der Waals surface area contributed by atoms with E-state index >= 15 is 0 Å². The molecular formula is C16H19NO2. The van der Waals surface area contributed by atoms with Gasteiger partial charge in [-0.15, -0.1) is 0 Å². The van der Waals surface area contributed by atoms with Crippen molar-refractivity contribution in [3.05, 3.63) is 65.5 Å². The zero-order chi connectivity index (χ0) is 13.5. The Kier molecular flexibility index (Phi) is 5.07. The number of methoxy groups -OCH3 is 2. The third kappa shape index (κ3) is 3.63. The van der Waals surface area contributed by atoms with E-state index < -0.39 is 0 Å². The smallest absolute Gasteiger partial charge is 0.183 e. The topological polar surface area (TPSA) is 31.4 Å². The van der Waals surface area contributed by atoms with Gasteiger partial charge in [-0.3, -0.25) is 4.98 Å². The maximum Gasteiger partial charge on any atom is 0.183 e. The maximum absolute atomic E-state index is 5.35. The van der Waals surface area contributed by atoms with Crippen molar-refractivity contribution in [3.63, 3.8) is 0 Å². The van der Waals surface area contributed by atoms with Crippen LogP contribution in [0.3, 0.4) is 0 Å². The summed E-state index contributed by atoms with van der Waals surface area (Å²) < 4.78 is 10.7. The second-order valence-electron chi connectivity index (χ2n) is 4.36. The van der Waals surface area contributed by atoms with Crippen molar-refractivity contribution in [3.8, 4) is 0 Å². The predicted octanol–water partition coefficient (Wildman–Crippen LogP) is 3.16. The molecule has 0 aliphatic rings. The monoisotopic (exact) mass is 257 g/mol. The lowest BCUT2D eigenvalue weighted by molar-refractivity contribution is -0.106. The van der Waals surface area contributed by atoms with Gasteiger partial charge in [0, 0.05) is 32.2 Å². The molecule has 3 heteroatoms. The van der Waals surface area contributed by atoms with Crippen LogP contribution in [0.5, 0.6) is 0 Å². The largest absolute Gasteiger partial charge is 0.352 e. The van der Waals surface area contributed by atoms with Gasteiger partial charge < -0.3 is 9.47 Å². The quantitative estimate of drug-likeness (QED) is 0.745. The highest BCUT2D eigenvalue weighted by Gasteiger charge is 2.12. The molecule has 3 nitrogen and oxygen atoms in total. The predicted molar refractivity (Wildman–Crippen MR) is 74.8 cm³/mol.